The lowest BCUT2D eigenvalue weighted by Gasteiger charge is -2.26. The van der Waals surface area contributed by atoms with Gasteiger partial charge in [0.2, 0.25) is 10.0 Å². The molecule has 1 heterocycles. The lowest BCUT2D eigenvalue weighted by atomic mass is 10.1. The van der Waals surface area contributed by atoms with Crippen LogP contribution >= 0.6 is 0 Å². The summed E-state index contributed by atoms with van der Waals surface area (Å²) in [6.07, 6.45) is 0. The fourth-order valence-electron chi connectivity index (χ4n) is 3.40. The highest BCUT2D eigenvalue weighted by Gasteiger charge is 2.28. The van der Waals surface area contributed by atoms with Crippen molar-refractivity contribution in [2.24, 2.45) is 0 Å². The highest BCUT2D eigenvalue weighted by molar-refractivity contribution is 7.92. The van der Waals surface area contributed by atoms with Crippen molar-refractivity contribution in [3.05, 3.63) is 60.7 Å². The van der Waals surface area contributed by atoms with Gasteiger partial charge in [-0.2, -0.15) is 4.31 Å². The number of hydrogen-bond donors (Lipinski definition) is 1. The third-order valence-electron chi connectivity index (χ3n) is 5.05. The van der Waals surface area contributed by atoms with Gasteiger partial charge in [0, 0.05) is 13.1 Å². The Morgan fingerprint density at radius 2 is 1.55 bits per heavy atom. The number of nitrogens with one attached hydrogen (secondary N) is 1. The van der Waals surface area contributed by atoms with E-state index >= 15 is 0 Å². The lowest BCUT2D eigenvalue weighted by molar-refractivity contribution is 0.0730. The molecule has 0 unspecified atom stereocenters. The highest BCUT2D eigenvalue weighted by atomic mass is 32.2. The number of morpholine rings is 1. The van der Waals surface area contributed by atoms with Gasteiger partial charge in [-0.05, 0) is 41.1 Å². The van der Waals surface area contributed by atoms with Gasteiger partial charge in [-0.15, -0.1) is 0 Å². The molecule has 3 aromatic rings. The molecule has 4 rings (SSSR count). The van der Waals surface area contributed by atoms with Crippen LogP contribution in [0.3, 0.4) is 0 Å². The monoisotopic (exact) mass is 462 g/mol. The average Bonchev–Trinajstić information content (AvgIpc) is 2.79. The molecular formula is C21H22N2O6S2. The van der Waals surface area contributed by atoms with Gasteiger partial charge in [-0.1, -0.05) is 30.3 Å². The van der Waals surface area contributed by atoms with Gasteiger partial charge in [0.1, 0.15) is 5.75 Å². The molecule has 0 amide bonds. The molecular weight excluding hydrogens is 440 g/mol. The number of fused-ring (bicyclic) bond motifs is 1. The lowest BCUT2D eigenvalue weighted by Crippen LogP contribution is -2.40. The molecule has 10 heteroatoms. The van der Waals surface area contributed by atoms with E-state index in [0.717, 1.165) is 10.8 Å². The first-order chi connectivity index (χ1) is 14.8. The highest BCUT2D eigenvalue weighted by Crippen LogP contribution is 2.31. The van der Waals surface area contributed by atoms with Gasteiger partial charge >= 0.3 is 0 Å². The summed E-state index contributed by atoms with van der Waals surface area (Å²) in [5, 5.41) is 1.69. The zero-order valence-corrected chi connectivity index (χ0v) is 18.4. The van der Waals surface area contributed by atoms with E-state index in [9.17, 15) is 16.8 Å². The summed E-state index contributed by atoms with van der Waals surface area (Å²) in [7, 11) is -6.39. The van der Waals surface area contributed by atoms with Crippen LogP contribution in [0.25, 0.3) is 10.8 Å². The maximum Gasteiger partial charge on any atom is 0.262 e. The number of rotatable bonds is 6. The van der Waals surface area contributed by atoms with Gasteiger partial charge in [0.25, 0.3) is 10.0 Å². The Morgan fingerprint density at radius 3 is 2.26 bits per heavy atom. The summed E-state index contributed by atoms with van der Waals surface area (Å²) in [6, 6.07) is 16.3. The summed E-state index contributed by atoms with van der Waals surface area (Å²) >= 11 is 0. The van der Waals surface area contributed by atoms with Crippen LogP contribution in [0, 0.1) is 0 Å². The van der Waals surface area contributed by atoms with Crippen molar-refractivity contribution in [1.82, 2.24) is 4.31 Å². The minimum atomic E-state index is -3.98. The Morgan fingerprint density at radius 1 is 0.871 bits per heavy atom. The van der Waals surface area contributed by atoms with Crippen molar-refractivity contribution in [3.8, 4) is 5.75 Å². The molecule has 1 saturated heterocycles. The molecule has 31 heavy (non-hydrogen) atoms. The van der Waals surface area contributed by atoms with Crippen molar-refractivity contribution in [2.75, 3.05) is 38.1 Å². The minimum Gasteiger partial charge on any atom is -0.495 e. The van der Waals surface area contributed by atoms with Crippen molar-refractivity contribution >= 4 is 36.5 Å². The fourth-order valence-corrected chi connectivity index (χ4v) is 5.93. The largest absolute Gasteiger partial charge is 0.495 e. The van der Waals surface area contributed by atoms with E-state index in [1.807, 2.05) is 24.3 Å². The maximum atomic E-state index is 13.0. The van der Waals surface area contributed by atoms with Crippen molar-refractivity contribution in [1.29, 1.82) is 0 Å². The van der Waals surface area contributed by atoms with E-state index in [1.54, 1.807) is 12.1 Å². The van der Waals surface area contributed by atoms with E-state index in [0.29, 0.717) is 13.2 Å². The quantitative estimate of drug-likeness (QED) is 0.604. The predicted octanol–water partition coefficient (Wildman–Crippen LogP) is 2.67. The zero-order valence-electron chi connectivity index (χ0n) is 16.8. The number of anilines is 1. The van der Waals surface area contributed by atoms with Crippen LogP contribution in [0.2, 0.25) is 0 Å². The smallest absolute Gasteiger partial charge is 0.262 e. The van der Waals surface area contributed by atoms with Crippen LogP contribution in [-0.4, -0.2) is 54.6 Å². The van der Waals surface area contributed by atoms with Crippen LogP contribution in [-0.2, 0) is 24.8 Å². The third-order valence-corrected chi connectivity index (χ3v) is 8.31. The van der Waals surface area contributed by atoms with Crippen molar-refractivity contribution in [2.45, 2.75) is 9.79 Å². The number of sulfonamides is 2. The molecule has 0 spiro atoms. The van der Waals surface area contributed by atoms with Gasteiger partial charge < -0.3 is 9.47 Å². The van der Waals surface area contributed by atoms with E-state index in [2.05, 4.69) is 4.72 Å². The van der Waals surface area contributed by atoms with E-state index in [1.165, 1.54) is 35.7 Å². The second-order valence-corrected chi connectivity index (χ2v) is 10.6. The Labute approximate surface area is 181 Å². The standard InChI is InChI=1S/C21H22N2O6S2/c1-28-21-9-8-19(31(26,27)23-10-12-29-13-11-23)15-20(21)22-30(24,25)18-7-6-16-4-2-3-5-17(16)14-18/h2-9,14-15,22H,10-13H2,1H3. The van der Waals surface area contributed by atoms with E-state index in [-0.39, 0.29) is 34.3 Å². The fraction of sp³-hybridized carbons (Fsp3) is 0.238. The summed E-state index contributed by atoms with van der Waals surface area (Å²) in [4.78, 5) is 0.0427. The van der Waals surface area contributed by atoms with Crippen LogP contribution in [0.4, 0.5) is 5.69 Å². The minimum absolute atomic E-state index is 0.0218. The average molecular weight is 463 g/mol. The predicted molar refractivity (Wildman–Crippen MR) is 117 cm³/mol. The second kappa shape index (κ2) is 8.46. The van der Waals surface area contributed by atoms with Gasteiger partial charge in [0.15, 0.2) is 0 Å². The van der Waals surface area contributed by atoms with E-state index in [4.69, 9.17) is 9.47 Å². The topological polar surface area (TPSA) is 102 Å². The van der Waals surface area contributed by atoms with Gasteiger partial charge in [0.05, 0.1) is 35.8 Å². The number of benzene rings is 3. The molecule has 0 aliphatic carbocycles. The second-order valence-electron chi connectivity index (χ2n) is 6.99. The first kappa shape index (κ1) is 21.6. The number of ether oxygens (including phenoxy) is 2. The third kappa shape index (κ3) is 4.38. The molecule has 8 nitrogen and oxygen atoms in total. The van der Waals surface area contributed by atoms with Gasteiger partial charge in [-0.25, -0.2) is 16.8 Å². The Kier molecular flexibility index (Phi) is 5.89. The van der Waals surface area contributed by atoms with Crippen LogP contribution in [0.15, 0.2) is 70.5 Å². The summed E-state index contributed by atoms with van der Waals surface area (Å²) in [5.74, 6) is 0.213. The zero-order chi connectivity index (χ0) is 22.1. The maximum absolute atomic E-state index is 13.0. The normalized spacial score (nSPS) is 15.6. The molecule has 1 aliphatic heterocycles. The molecule has 3 aromatic carbocycles. The molecule has 0 atom stereocenters. The Balaban J connectivity index is 1.70. The van der Waals surface area contributed by atoms with Gasteiger partial charge in [-0.3, -0.25) is 4.72 Å². The Hall–Kier alpha value is -2.66. The number of nitrogens with zero attached hydrogens (tertiary/aromatic N) is 1. The molecule has 1 fully saturated rings. The van der Waals surface area contributed by atoms with Crippen LogP contribution in [0.5, 0.6) is 5.75 Å². The SMILES string of the molecule is COc1ccc(S(=O)(=O)N2CCOCC2)cc1NS(=O)(=O)c1ccc2ccccc2c1. The molecule has 1 aliphatic rings. The first-order valence-electron chi connectivity index (χ1n) is 9.59. The summed E-state index contributed by atoms with van der Waals surface area (Å²) in [5.41, 5.74) is 0.0463. The summed E-state index contributed by atoms with van der Waals surface area (Å²) in [6.45, 7) is 1.12. The van der Waals surface area contributed by atoms with Crippen molar-refractivity contribution < 1.29 is 26.3 Å². The number of methoxy groups -OCH3 is 1. The molecule has 0 aromatic heterocycles. The van der Waals surface area contributed by atoms with Crippen molar-refractivity contribution in [3.63, 3.8) is 0 Å². The first-order valence-corrected chi connectivity index (χ1v) is 12.5. The molecule has 0 bridgehead atoms. The van der Waals surface area contributed by atoms with Crippen LogP contribution < -0.4 is 9.46 Å². The Bertz CT molecular complexity index is 1320. The van der Waals surface area contributed by atoms with Crippen LogP contribution in [0.1, 0.15) is 0 Å². The summed E-state index contributed by atoms with van der Waals surface area (Å²) < 4.78 is 66.3. The molecule has 0 saturated carbocycles. The molecule has 1 N–H and O–H groups in total. The number of hydrogen-bond acceptors (Lipinski definition) is 6. The molecule has 0 radical (unpaired) electrons. The van der Waals surface area contributed by atoms with E-state index < -0.39 is 20.0 Å². The molecule has 164 valence electrons.